The van der Waals surface area contributed by atoms with Gasteiger partial charge in [-0.3, -0.25) is 19.2 Å². The van der Waals surface area contributed by atoms with Gasteiger partial charge in [-0.1, -0.05) is 50.6 Å². The van der Waals surface area contributed by atoms with Crippen molar-refractivity contribution in [1.29, 1.82) is 0 Å². The predicted octanol–water partition coefficient (Wildman–Crippen LogP) is 3.61. The molecule has 1 saturated carbocycles. The summed E-state index contributed by atoms with van der Waals surface area (Å²) in [6.07, 6.45) is -3.43. The van der Waals surface area contributed by atoms with Gasteiger partial charge < -0.3 is 29.1 Å². The van der Waals surface area contributed by atoms with Crippen molar-refractivity contribution in [2.45, 2.75) is 70.5 Å². The topological polar surface area (TPSA) is 140 Å². The van der Waals surface area contributed by atoms with E-state index in [1.165, 1.54) is 4.90 Å². The lowest BCUT2D eigenvalue weighted by atomic mass is 9.52. The number of ether oxygens (including phenoxy) is 3. The summed E-state index contributed by atoms with van der Waals surface area (Å²) < 4.78 is 17.8. The highest BCUT2D eigenvalue weighted by atomic mass is 35.5. The maximum Gasteiger partial charge on any atom is 0.338 e. The third kappa shape index (κ3) is 4.31. The molecule has 12 heteroatoms. The Labute approximate surface area is 277 Å². The van der Waals surface area contributed by atoms with Gasteiger partial charge in [-0.25, -0.2) is 4.79 Å². The Hall–Kier alpha value is -3.96. The summed E-state index contributed by atoms with van der Waals surface area (Å²) in [7, 11) is 0. The zero-order valence-electron chi connectivity index (χ0n) is 26.4. The lowest BCUT2D eigenvalue weighted by Crippen LogP contribution is -2.66. The lowest BCUT2D eigenvalue weighted by molar-refractivity contribution is -0.212. The van der Waals surface area contributed by atoms with E-state index >= 15 is 0 Å². The Morgan fingerprint density at radius 3 is 2.28 bits per heavy atom. The van der Waals surface area contributed by atoms with Crippen molar-refractivity contribution in [2.75, 3.05) is 19.6 Å². The summed E-state index contributed by atoms with van der Waals surface area (Å²) in [6, 6.07) is 14.9. The van der Waals surface area contributed by atoms with E-state index in [2.05, 4.69) is 0 Å². The number of esters is 3. The molecule has 0 bridgehead atoms. The molecular weight excluding hydrogens is 628 g/mol. The summed E-state index contributed by atoms with van der Waals surface area (Å²) in [4.78, 5) is 71.4. The molecule has 2 amide bonds. The minimum Gasteiger partial charge on any atom is -0.461 e. The van der Waals surface area contributed by atoms with Gasteiger partial charge >= 0.3 is 17.9 Å². The van der Waals surface area contributed by atoms with E-state index in [0.29, 0.717) is 36.5 Å². The largest absolute Gasteiger partial charge is 0.461 e. The molecule has 1 N–H and O–H groups in total. The van der Waals surface area contributed by atoms with Crippen LogP contribution in [0.4, 0.5) is 0 Å². The number of nitrogens with zero attached hydrogens (tertiary/aromatic N) is 2. The molecule has 2 spiro atoms. The molecule has 4 aliphatic heterocycles. The van der Waals surface area contributed by atoms with Gasteiger partial charge in [0, 0.05) is 36.6 Å². The summed E-state index contributed by atoms with van der Waals surface area (Å²) in [5.74, 6) is -3.00. The Kier molecular flexibility index (Phi) is 7.26. The zero-order valence-corrected chi connectivity index (χ0v) is 27.2. The van der Waals surface area contributed by atoms with Gasteiger partial charge in [-0.2, -0.15) is 0 Å². The first-order chi connectivity index (χ1) is 22.2. The fourth-order valence-corrected chi connectivity index (χ4v) is 9.03. The smallest absolute Gasteiger partial charge is 0.338 e. The molecular formula is C35H37ClN2O9. The average Bonchev–Trinajstić information content (AvgIpc) is 3.65. The SMILES string of the molecule is CC(C)(C)[C@]1(O)C[C@@H]2OC(=O)C[C@@]23C(=O)O[C@@H]2N(CC4CCN(C(=O)c5ccc(Cl)cc5)CC4)C(=O)[C@H](OC(=O)c4ccccc4)C213. The highest BCUT2D eigenvalue weighted by Gasteiger charge is 2.93. The monoisotopic (exact) mass is 664 g/mol. The zero-order chi connectivity index (χ0) is 33.5. The Balaban J connectivity index is 1.24. The van der Waals surface area contributed by atoms with Crippen LogP contribution in [0.15, 0.2) is 54.6 Å². The van der Waals surface area contributed by atoms with Crippen LogP contribution in [-0.4, -0.2) is 88.3 Å². The van der Waals surface area contributed by atoms with Gasteiger partial charge in [0.1, 0.15) is 16.9 Å². The van der Waals surface area contributed by atoms with E-state index in [1.807, 2.05) is 0 Å². The maximum absolute atomic E-state index is 14.6. The van der Waals surface area contributed by atoms with Crippen molar-refractivity contribution in [1.82, 2.24) is 9.80 Å². The van der Waals surface area contributed by atoms with Crippen LogP contribution >= 0.6 is 11.6 Å². The van der Waals surface area contributed by atoms with Crippen molar-refractivity contribution in [2.24, 2.45) is 22.2 Å². The van der Waals surface area contributed by atoms with Crippen LogP contribution in [0.3, 0.4) is 0 Å². The van der Waals surface area contributed by atoms with Crippen molar-refractivity contribution in [3.63, 3.8) is 0 Å². The quantitative estimate of drug-likeness (QED) is 0.375. The molecule has 11 nitrogen and oxygen atoms in total. The van der Waals surface area contributed by atoms with Crippen molar-refractivity contribution in [3.8, 4) is 0 Å². The molecule has 0 radical (unpaired) electrons. The van der Waals surface area contributed by atoms with Crippen molar-refractivity contribution >= 4 is 41.3 Å². The number of carbonyl (C=O) groups is 5. The standard InChI is InChI=1S/C35H37ClN2O9/c1-32(2,3)34(44)17-24-33(18-25(39)45-24)31(43)47-30-35(33,34)26(46-29(42)22-7-5-4-6-8-22)28(41)38(30)19-20-13-15-37(16-14-20)27(40)21-9-11-23(36)12-10-21/h4-12,20,24,26,30,44H,13-19H2,1-3H3/t24-,26-,30-,33-,34+,35?/m0/s1. The fraction of sp³-hybridized carbons (Fsp3) is 0.514. The highest BCUT2D eigenvalue weighted by molar-refractivity contribution is 6.30. The highest BCUT2D eigenvalue weighted by Crippen LogP contribution is 2.76. The van der Waals surface area contributed by atoms with Gasteiger partial charge in [0.25, 0.3) is 11.8 Å². The molecule has 4 heterocycles. The van der Waals surface area contributed by atoms with E-state index in [-0.39, 0.29) is 30.4 Å². The van der Waals surface area contributed by atoms with Crippen molar-refractivity contribution in [3.05, 3.63) is 70.7 Å². The Morgan fingerprint density at radius 1 is 0.979 bits per heavy atom. The van der Waals surface area contributed by atoms with Gasteiger partial charge in [0.2, 0.25) is 0 Å². The first kappa shape index (κ1) is 31.6. The van der Waals surface area contributed by atoms with Gasteiger partial charge in [0.05, 0.1) is 17.6 Å². The number of rotatable bonds is 5. The van der Waals surface area contributed by atoms with E-state index in [1.54, 1.807) is 80.3 Å². The Bertz CT molecular complexity index is 1650. The van der Waals surface area contributed by atoms with Crippen LogP contribution in [0.5, 0.6) is 0 Å². The molecule has 1 aliphatic carbocycles. The molecule has 5 aliphatic rings. The van der Waals surface area contributed by atoms with Crippen LogP contribution in [0, 0.1) is 22.2 Å². The average molecular weight is 665 g/mol. The molecule has 4 saturated heterocycles. The molecule has 47 heavy (non-hydrogen) atoms. The van der Waals surface area contributed by atoms with Crippen LogP contribution in [0.2, 0.25) is 5.02 Å². The van der Waals surface area contributed by atoms with Crippen LogP contribution in [-0.2, 0) is 28.6 Å². The van der Waals surface area contributed by atoms with E-state index in [0.717, 1.165) is 0 Å². The summed E-state index contributed by atoms with van der Waals surface area (Å²) in [5, 5.41) is 13.4. The molecule has 1 unspecified atom stereocenters. The molecule has 5 fully saturated rings. The lowest BCUT2D eigenvalue weighted by Gasteiger charge is -2.51. The van der Waals surface area contributed by atoms with Crippen molar-refractivity contribution < 1.29 is 43.3 Å². The van der Waals surface area contributed by atoms with E-state index in [9.17, 15) is 29.1 Å². The fourth-order valence-electron chi connectivity index (χ4n) is 8.90. The normalized spacial score (nSPS) is 33.3. The molecule has 6 atom stereocenters. The molecule has 2 aromatic rings. The number of benzene rings is 2. The first-order valence-electron chi connectivity index (χ1n) is 16.0. The number of hydrogen-bond donors (Lipinski definition) is 1. The van der Waals surface area contributed by atoms with E-state index in [4.69, 9.17) is 25.8 Å². The van der Waals surface area contributed by atoms with Crippen LogP contribution in [0.25, 0.3) is 0 Å². The van der Waals surface area contributed by atoms with E-state index < -0.39 is 70.5 Å². The van der Waals surface area contributed by atoms with Crippen LogP contribution < -0.4 is 0 Å². The third-order valence-electron chi connectivity index (χ3n) is 11.2. The second kappa shape index (κ2) is 10.8. The van der Waals surface area contributed by atoms with Crippen LogP contribution in [0.1, 0.15) is 67.2 Å². The number of halogens is 1. The summed E-state index contributed by atoms with van der Waals surface area (Å²) in [6.45, 7) is 6.38. The second-order valence-electron chi connectivity index (χ2n) is 14.5. The first-order valence-corrected chi connectivity index (χ1v) is 16.4. The maximum atomic E-state index is 14.6. The number of aliphatic hydroxyl groups is 1. The number of piperidine rings is 1. The Morgan fingerprint density at radius 2 is 1.64 bits per heavy atom. The molecule has 0 aromatic heterocycles. The molecule has 2 aromatic carbocycles. The number of hydrogen-bond acceptors (Lipinski definition) is 9. The van der Waals surface area contributed by atoms with Gasteiger partial charge in [0.15, 0.2) is 12.3 Å². The van der Waals surface area contributed by atoms with Gasteiger partial charge in [-0.05, 0) is 60.6 Å². The predicted molar refractivity (Wildman–Crippen MR) is 166 cm³/mol. The number of likely N-dealkylation sites (tertiary alicyclic amines) is 2. The third-order valence-corrected chi connectivity index (χ3v) is 11.5. The van der Waals surface area contributed by atoms with Gasteiger partial charge in [-0.15, -0.1) is 0 Å². The number of carbonyl (C=O) groups excluding carboxylic acids is 5. The summed E-state index contributed by atoms with van der Waals surface area (Å²) >= 11 is 5.99. The second-order valence-corrected chi connectivity index (χ2v) is 14.9. The molecule has 248 valence electrons. The molecule has 7 rings (SSSR count). The summed E-state index contributed by atoms with van der Waals surface area (Å²) in [5.41, 5.74) is -5.65. The minimum absolute atomic E-state index is 0.0921. The number of amides is 2. The minimum atomic E-state index is -1.83.